The van der Waals surface area contributed by atoms with E-state index < -0.39 is 10.0 Å². The predicted molar refractivity (Wildman–Crippen MR) is 119 cm³/mol. The molecule has 9 heteroatoms. The lowest BCUT2D eigenvalue weighted by atomic mass is 9.98. The average molecular weight is 444 g/mol. The van der Waals surface area contributed by atoms with E-state index in [0.717, 1.165) is 48.6 Å². The van der Waals surface area contributed by atoms with E-state index in [-0.39, 0.29) is 10.8 Å². The SMILES string of the molecule is CSc1ncc(CN2CCC[C@@H](CNS(=O)(=O)c3cccc4cccnc34)C2)cn1. The van der Waals surface area contributed by atoms with Crippen LogP contribution in [-0.4, -0.2) is 54.2 Å². The molecule has 1 fully saturated rings. The third-order valence-electron chi connectivity index (χ3n) is 5.32. The van der Waals surface area contributed by atoms with Gasteiger partial charge in [0.25, 0.3) is 0 Å². The standard InChI is InChI=1S/C21H25N5O2S2/c1-29-21-23-11-17(12-24-21)15-26-10-4-5-16(14-26)13-25-30(27,28)19-8-2-6-18-7-3-9-22-20(18)19/h2-3,6-9,11-12,16,25H,4-5,10,13-15H2,1H3/t16-/m0/s1. The van der Waals surface area contributed by atoms with Crippen molar-refractivity contribution in [1.82, 2.24) is 24.6 Å². The highest BCUT2D eigenvalue weighted by Crippen LogP contribution is 2.22. The number of nitrogens with one attached hydrogen (secondary N) is 1. The summed E-state index contributed by atoms with van der Waals surface area (Å²) in [4.78, 5) is 15.5. The number of sulfonamides is 1. The van der Waals surface area contributed by atoms with Crippen LogP contribution in [0.5, 0.6) is 0 Å². The molecule has 2 aromatic heterocycles. The zero-order chi connectivity index (χ0) is 21.0. The lowest BCUT2D eigenvalue weighted by Crippen LogP contribution is -2.40. The fraction of sp³-hybridized carbons (Fsp3) is 0.381. The van der Waals surface area contributed by atoms with E-state index in [9.17, 15) is 8.42 Å². The Kier molecular flexibility index (Phi) is 6.62. The van der Waals surface area contributed by atoms with Gasteiger partial charge in [-0.15, -0.1) is 0 Å². The molecule has 4 rings (SSSR count). The normalized spacial score (nSPS) is 18.0. The van der Waals surface area contributed by atoms with Gasteiger partial charge in [0.2, 0.25) is 10.0 Å². The first-order chi connectivity index (χ1) is 14.5. The van der Waals surface area contributed by atoms with Crippen LogP contribution >= 0.6 is 11.8 Å². The maximum atomic E-state index is 12.9. The predicted octanol–water partition coefficient (Wildman–Crippen LogP) is 2.94. The van der Waals surface area contributed by atoms with Crippen LogP contribution in [0.1, 0.15) is 18.4 Å². The maximum Gasteiger partial charge on any atom is 0.242 e. The van der Waals surface area contributed by atoms with Gasteiger partial charge >= 0.3 is 0 Å². The second-order valence-corrected chi connectivity index (χ2v) is 10.0. The van der Waals surface area contributed by atoms with E-state index in [2.05, 4.69) is 24.6 Å². The molecule has 1 saturated heterocycles. The zero-order valence-electron chi connectivity index (χ0n) is 16.9. The van der Waals surface area contributed by atoms with Gasteiger partial charge in [0.1, 0.15) is 4.90 Å². The number of para-hydroxylation sites is 1. The summed E-state index contributed by atoms with van der Waals surface area (Å²) in [5.74, 6) is 0.267. The number of pyridine rings is 1. The Hall–Kier alpha value is -2.07. The summed E-state index contributed by atoms with van der Waals surface area (Å²) < 4.78 is 28.7. The largest absolute Gasteiger partial charge is 0.299 e. The molecule has 7 nitrogen and oxygen atoms in total. The van der Waals surface area contributed by atoms with Crippen LogP contribution in [0.25, 0.3) is 10.9 Å². The van der Waals surface area contributed by atoms with Crippen molar-refractivity contribution < 1.29 is 8.42 Å². The first-order valence-corrected chi connectivity index (χ1v) is 12.7. The van der Waals surface area contributed by atoms with Crippen molar-refractivity contribution in [3.05, 3.63) is 54.5 Å². The van der Waals surface area contributed by atoms with E-state index in [0.29, 0.717) is 12.1 Å². The van der Waals surface area contributed by atoms with Crippen molar-refractivity contribution in [2.24, 2.45) is 5.92 Å². The molecule has 0 bridgehead atoms. The van der Waals surface area contributed by atoms with E-state index in [1.54, 1.807) is 18.3 Å². The van der Waals surface area contributed by atoms with Gasteiger partial charge in [-0.25, -0.2) is 23.1 Å². The Morgan fingerprint density at radius 3 is 2.77 bits per heavy atom. The van der Waals surface area contributed by atoms with Gasteiger partial charge in [-0.2, -0.15) is 0 Å². The molecule has 1 N–H and O–H groups in total. The van der Waals surface area contributed by atoms with Gasteiger partial charge in [0, 0.05) is 49.2 Å². The number of aromatic nitrogens is 3. The average Bonchev–Trinajstić information content (AvgIpc) is 2.78. The Labute approximate surface area is 181 Å². The fourth-order valence-corrected chi connectivity index (χ4v) is 5.46. The summed E-state index contributed by atoms with van der Waals surface area (Å²) in [7, 11) is -3.62. The second-order valence-electron chi connectivity index (χ2n) is 7.50. The molecular formula is C21H25N5O2S2. The number of fused-ring (bicyclic) bond motifs is 1. The molecule has 30 heavy (non-hydrogen) atoms. The summed E-state index contributed by atoms with van der Waals surface area (Å²) in [6, 6.07) is 8.92. The van der Waals surface area contributed by atoms with Crippen molar-refractivity contribution in [3.63, 3.8) is 0 Å². The number of rotatable bonds is 7. The van der Waals surface area contributed by atoms with Crippen molar-refractivity contribution in [3.8, 4) is 0 Å². The summed E-state index contributed by atoms with van der Waals surface area (Å²) in [6.45, 7) is 3.05. The molecule has 3 aromatic rings. The minimum atomic E-state index is -3.62. The van der Waals surface area contributed by atoms with Crippen LogP contribution in [0.4, 0.5) is 0 Å². The third-order valence-corrected chi connectivity index (χ3v) is 7.35. The molecule has 3 heterocycles. The van der Waals surface area contributed by atoms with Crippen LogP contribution in [-0.2, 0) is 16.6 Å². The van der Waals surface area contributed by atoms with E-state index >= 15 is 0 Å². The maximum absolute atomic E-state index is 12.9. The van der Waals surface area contributed by atoms with Crippen molar-refractivity contribution in [1.29, 1.82) is 0 Å². The molecule has 0 spiro atoms. The summed E-state index contributed by atoms with van der Waals surface area (Å²) in [5.41, 5.74) is 1.59. The molecular weight excluding hydrogens is 418 g/mol. The Balaban J connectivity index is 1.39. The molecule has 0 radical (unpaired) electrons. The van der Waals surface area contributed by atoms with Crippen LogP contribution in [0.15, 0.2) is 59.0 Å². The van der Waals surface area contributed by atoms with Crippen molar-refractivity contribution in [2.45, 2.75) is 29.4 Å². The van der Waals surface area contributed by atoms with Gasteiger partial charge in [0.15, 0.2) is 5.16 Å². The van der Waals surface area contributed by atoms with Crippen molar-refractivity contribution >= 4 is 32.7 Å². The number of thioether (sulfide) groups is 1. The molecule has 1 aliphatic rings. The Morgan fingerprint density at radius 1 is 1.17 bits per heavy atom. The minimum absolute atomic E-state index is 0.235. The summed E-state index contributed by atoms with van der Waals surface area (Å²) >= 11 is 1.53. The van der Waals surface area contributed by atoms with Crippen LogP contribution < -0.4 is 4.72 Å². The number of benzene rings is 1. The lowest BCUT2D eigenvalue weighted by molar-refractivity contribution is 0.168. The summed E-state index contributed by atoms with van der Waals surface area (Å²) in [6.07, 6.45) is 9.38. The first kappa shape index (κ1) is 21.2. The lowest BCUT2D eigenvalue weighted by Gasteiger charge is -2.32. The second kappa shape index (κ2) is 9.38. The van der Waals surface area contributed by atoms with Gasteiger partial charge < -0.3 is 0 Å². The molecule has 0 aliphatic carbocycles. The number of piperidine rings is 1. The molecule has 0 saturated carbocycles. The topological polar surface area (TPSA) is 88.1 Å². The highest BCUT2D eigenvalue weighted by Gasteiger charge is 2.24. The minimum Gasteiger partial charge on any atom is -0.299 e. The van der Waals surface area contributed by atoms with E-state index in [1.807, 2.05) is 36.8 Å². The Morgan fingerprint density at radius 2 is 1.97 bits per heavy atom. The molecule has 0 amide bonds. The van der Waals surface area contributed by atoms with E-state index in [4.69, 9.17) is 0 Å². The number of nitrogens with zero attached hydrogens (tertiary/aromatic N) is 4. The molecule has 1 atom stereocenters. The molecule has 158 valence electrons. The highest BCUT2D eigenvalue weighted by atomic mass is 32.2. The number of hydrogen-bond donors (Lipinski definition) is 1. The van der Waals surface area contributed by atoms with Gasteiger partial charge in [-0.1, -0.05) is 30.0 Å². The Bertz CT molecular complexity index is 1100. The number of likely N-dealkylation sites (tertiary alicyclic amines) is 1. The zero-order valence-corrected chi connectivity index (χ0v) is 18.5. The van der Waals surface area contributed by atoms with Crippen molar-refractivity contribution in [2.75, 3.05) is 25.9 Å². The van der Waals surface area contributed by atoms with Crippen LogP contribution in [0, 0.1) is 5.92 Å². The monoisotopic (exact) mass is 443 g/mol. The van der Waals surface area contributed by atoms with Gasteiger partial charge in [-0.3, -0.25) is 9.88 Å². The van der Waals surface area contributed by atoms with E-state index in [1.165, 1.54) is 11.8 Å². The molecule has 1 aromatic carbocycles. The fourth-order valence-electron chi connectivity index (χ4n) is 3.85. The first-order valence-electron chi connectivity index (χ1n) is 9.96. The summed E-state index contributed by atoms with van der Waals surface area (Å²) in [5, 5.41) is 1.59. The highest BCUT2D eigenvalue weighted by molar-refractivity contribution is 7.98. The number of hydrogen-bond acceptors (Lipinski definition) is 7. The van der Waals surface area contributed by atoms with Crippen LogP contribution in [0.3, 0.4) is 0 Å². The van der Waals surface area contributed by atoms with Gasteiger partial charge in [-0.05, 0) is 43.7 Å². The smallest absolute Gasteiger partial charge is 0.242 e. The quantitative estimate of drug-likeness (QED) is 0.444. The molecule has 0 unspecified atom stereocenters. The van der Waals surface area contributed by atoms with Gasteiger partial charge in [0.05, 0.1) is 5.52 Å². The molecule has 1 aliphatic heterocycles. The van der Waals surface area contributed by atoms with Crippen LogP contribution in [0.2, 0.25) is 0 Å². The third kappa shape index (κ3) is 4.97.